The van der Waals surface area contributed by atoms with Crippen LogP contribution in [0.4, 0.5) is 4.39 Å². The third-order valence-electron chi connectivity index (χ3n) is 3.52. The Balaban J connectivity index is 1.99. The molecule has 0 fully saturated rings. The van der Waals surface area contributed by atoms with E-state index in [-0.39, 0.29) is 11.9 Å². The van der Waals surface area contributed by atoms with Gasteiger partial charge < -0.3 is 4.57 Å². The lowest BCUT2D eigenvalue weighted by atomic mass is 9.98. The number of hydrogen-bond acceptors (Lipinski definition) is 2. The number of rotatable bonds is 1. The van der Waals surface area contributed by atoms with E-state index >= 15 is 0 Å². The molecule has 2 aromatic heterocycles. The SMILES string of the molecule is Fc1cncc(C2c3ccccc3-c3cncn32)c1. The van der Waals surface area contributed by atoms with Crippen LogP contribution in [0.2, 0.25) is 0 Å². The maximum absolute atomic E-state index is 13.4. The van der Waals surface area contributed by atoms with Gasteiger partial charge in [0.25, 0.3) is 0 Å². The largest absolute Gasteiger partial charge is 0.319 e. The first-order valence-electron chi connectivity index (χ1n) is 6.06. The topological polar surface area (TPSA) is 30.7 Å². The van der Waals surface area contributed by atoms with Crippen LogP contribution >= 0.6 is 0 Å². The van der Waals surface area contributed by atoms with Crippen molar-refractivity contribution < 1.29 is 4.39 Å². The molecule has 1 aromatic carbocycles. The third-order valence-corrected chi connectivity index (χ3v) is 3.52. The molecule has 4 rings (SSSR count). The molecule has 1 atom stereocenters. The van der Waals surface area contributed by atoms with E-state index in [1.54, 1.807) is 12.5 Å². The van der Waals surface area contributed by atoms with Crippen LogP contribution in [0.15, 0.2) is 55.2 Å². The van der Waals surface area contributed by atoms with Crippen LogP contribution in [-0.4, -0.2) is 14.5 Å². The van der Waals surface area contributed by atoms with Crippen LogP contribution in [0, 0.1) is 5.82 Å². The van der Waals surface area contributed by atoms with Crippen molar-refractivity contribution in [3.05, 3.63) is 72.2 Å². The van der Waals surface area contributed by atoms with E-state index in [2.05, 4.69) is 26.7 Å². The molecule has 0 radical (unpaired) electrons. The number of pyridine rings is 1. The average molecular weight is 251 g/mol. The Labute approximate surface area is 109 Å². The van der Waals surface area contributed by atoms with Gasteiger partial charge in [-0.05, 0) is 11.6 Å². The third kappa shape index (κ3) is 1.43. The fourth-order valence-electron chi connectivity index (χ4n) is 2.76. The summed E-state index contributed by atoms with van der Waals surface area (Å²) in [6, 6.07) is 9.62. The first-order chi connectivity index (χ1) is 9.34. The summed E-state index contributed by atoms with van der Waals surface area (Å²) in [7, 11) is 0. The molecule has 0 bridgehead atoms. The van der Waals surface area contributed by atoms with Crippen molar-refractivity contribution in [2.24, 2.45) is 0 Å². The number of benzene rings is 1. The van der Waals surface area contributed by atoms with Crippen LogP contribution < -0.4 is 0 Å². The minimum atomic E-state index is -0.316. The fourth-order valence-corrected chi connectivity index (χ4v) is 2.76. The zero-order valence-corrected chi connectivity index (χ0v) is 9.99. The summed E-state index contributed by atoms with van der Waals surface area (Å²) < 4.78 is 15.5. The van der Waals surface area contributed by atoms with Crippen molar-refractivity contribution in [3.8, 4) is 11.3 Å². The van der Waals surface area contributed by atoms with Crippen LogP contribution in [0.25, 0.3) is 11.3 Å². The molecule has 0 amide bonds. The summed E-state index contributed by atoms with van der Waals surface area (Å²) in [4.78, 5) is 8.14. The Morgan fingerprint density at radius 1 is 1.05 bits per heavy atom. The lowest BCUT2D eigenvalue weighted by Crippen LogP contribution is -2.07. The van der Waals surface area contributed by atoms with Gasteiger partial charge in [0.05, 0.1) is 30.5 Å². The molecule has 0 saturated heterocycles. The highest BCUT2D eigenvalue weighted by Gasteiger charge is 2.29. The van der Waals surface area contributed by atoms with Gasteiger partial charge in [0.2, 0.25) is 0 Å². The molecular formula is C15H10FN3. The van der Waals surface area contributed by atoms with Gasteiger partial charge in [0, 0.05) is 17.3 Å². The van der Waals surface area contributed by atoms with E-state index in [0.717, 1.165) is 22.4 Å². The monoisotopic (exact) mass is 251 g/mol. The van der Waals surface area contributed by atoms with E-state index in [1.165, 1.54) is 12.3 Å². The quantitative estimate of drug-likeness (QED) is 0.520. The molecule has 3 nitrogen and oxygen atoms in total. The molecule has 0 saturated carbocycles. The van der Waals surface area contributed by atoms with Crippen molar-refractivity contribution in [3.63, 3.8) is 0 Å². The Hall–Kier alpha value is -2.49. The Kier molecular flexibility index (Phi) is 2.06. The zero-order valence-electron chi connectivity index (χ0n) is 9.99. The predicted octanol–water partition coefficient (Wildman–Crippen LogP) is 3.04. The number of halogens is 1. The number of hydrogen-bond donors (Lipinski definition) is 0. The first kappa shape index (κ1) is 10.4. The highest BCUT2D eigenvalue weighted by molar-refractivity contribution is 5.70. The number of nitrogens with zero attached hydrogens (tertiary/aromatic N) is 3. The normalized spacial score (nSPS) is 16.2. The minimum absolute atomic E-state index is 0.0445. The van der Waals surface area contributed by atoms with Gasteiger partial charge in [-0.15, -0.1) is 0 Å². The van der Waals surface area contributed by atoms with Gasteiger partial charge in [0.1, 0.15) is 5.82 Å². The fraction of sp³-hybridized carbons (Fsp3) is 0.0667. The summed E-state index contributed by atoms with van der Waals surface area (Å²) in [5.74, 6) is -0.316. The Bertz CT molecular complexity index is 763. The summed E-state index contributed by atoms with van der Waals surface area (Å²) in [5.41, 5.74) is 4.20. The lowest BCUT2D eigenvalue weighted by Gasteiger charge is -2.14. The standard InChI is InChI=1S/C15H10FN3/c16-11-5-10(6-17-7-11)15-13-4-2-1-3-12(13)14-8-18-9-19(14)15/h1-9,15H. The molecule has 0 spiro atoms. The molecule has 1 aliphatic rings. The van der Waals surface area contributed by atoms with Gasteiger partial charge >= 0.3 is 0 Å². The van der Waals surface area contributed by atoms with Crippen LogP contribution in [-0.2, 0) is 0 Å². The predicted molar refractivity (Wildman–Crippen MR) is 69.1 cm³/mol. The van der Waals surface area contributed by atoms with Crippen molar-refractivity contribution in [1.29, 1.82) is 0 Å². The van der Waals surface area contributed by atoms with Crippen LogP contribution in [0.5, 0.6) is 0 Å². The zero-order chi connectivity index (χ0) is 12.8. The van der Waals surface area contributed by atoms with Crippen LogP contribution in [0.1, 0.15) is 17.2 Å². The Morgan fingerprint density at radius 3 is 2.84 bits per heavy atom. The van der Waals surface area contributed by atoms with E-state index in [0.29, 0.717) is 0 Å². The van der Waals surface area contributed by atoms with Gasteiger partial charge in [0.15, 0.2) is 0 Å². The summed E-state index contributed by atoms with van der Waals surface area (Å²) in [6.45, 7) is 0. The second kappa shape index (κ2) is 3.75. The molecule has 0 N–H and O–H groups in total. The van der Waals surface area contributed by atoms with Crippen LogP contribution in [0.3, 0.4) is 0 Å². The van der Waals surface area contributed by atoms with E-state index < -0.39 is 0 Å². The highest BCUT2D eigenvalue weighted by atomic mass is 19.1. The molecule has 4 heteroatoms. The smallest absolute Gasteiger partial charge is 0.141 e. The lowest BCUT2D eigenvalue weighted by molar-refractivity contribution is 0.611. The molecular weight excluding hydrogens is 241 g/mol. The summed E-state index contributed by atoms with van der Waals surface area (Å²) in [6.07, 6.45) is 6.55. The maximum atomic E-state index is 13.4. The second-order valence-corrected chi connectivity index (χ2v) is 4.61. The summed E-state index contributed by atoms with van der Waals surface area (Å²) in [5, 5.41) is 0. The second-order valence-electron chi connectivity index (χ2n) is 4.61. The van der Waals surface area contributed by atoms with Crippen molar-refractivity contribution in [2.75, 3.05) is 0 Å². The van der Waals surface area contributed by atoms with Gasteiger partial charge in [-0.3, -0.25) is 4.98 Å². The minimum Gasteiger partial charge on any atom is -0.319 e. The van der Waals surface area contributed by atoms with E-state index in [9.17, 15) is 4.39 Å². The number of imidazole rings is 1. The molecule has 19 heavy (non-hydrogen) atoms. The number of aromatic nitrogens is 3. The Morgan fingerprint density at radius 2 is 1.95 bits per heavy atom. The van der Waals surface area contributed by atoms with Crippen molar-refractivity contribution in [2.45, 2.75) is 6.04 Å². The first-order valence-corrected chi connectivity index (χ1v) is 6.06. The molecule has 0 aliphatic carbocycles. The maximum Gasteiger partial charge on any atom is 0.141 e. The van der Waals surface area contributed by atoms with Gasteiger partial charge in [-0.2, -0.15) is 0 Å². The van der Waals surface area contributed by atoms with Gasteiger partial charge in [-0.25, -0.2) is 9.37 Å². The molecule has 3 heterocycles. The van der Waals surface area contributed by atoms with Crippen molar-refractivity contribution in [1.82, 2.24) is 14.5 Å². The molecule has 92 valence electrons. The number of fused-ring (bicyclic) bond motifs is 3. The van der Waals surface area contributed by atoms with E-state index in [4.69, 9.17) is 0 Å². The molecule has 1 aliphatic heterocycles. The molecule has 1 unspecified atom stereocenters. The van der Waals surface area contributed by atoms with Gasteiger partial charge in [-0.1, -0.05) is 24.3 Å². The van der Waals surface area contributed by atoms with E-state index in [1.807, 2.05) is 18.3 Å². The van der Waals surface area contributed by atoms with Crippen molar-refractivity contribution >= 4 is 0 Å². The summed E-state index contributed by atoms with van der Waals surface area (Å²) >= 11 is 0. The molecule has 3 aromatic rings. The average Bonchev–Trinajstić information content (AvgIpc) is 2.98. The highest BCUT2D eigenvalue weighted by Crippen LogP contribution is 2.42.